The molecule has 2 aliphatic rings. The van der Waals surface area contributed by atoms with Crippen molar-refractivity contribution in [2.75, 3.05) is 11.7 Å². The molecule has 2 aliphatic heterocycles. The molecule has 1 unspecified atom stereocenters. The molecule has 1 amide bonds. The van der Waals surface area contributed by atoms with E-state index in [1.807, 2.05) is 0 Å². The molecule has 0 spiro atoms. The SMILES string of the molecule is O=C1C(=O)N(c2ccc(OC(F)(F)F)cc2)C(c2cccnc2)/C1=C(/O)c1ccc2c(c1)OCO2. The first kappa shape index (κ1) is 22.3. The third kappa shape index (κ3) is 4.12. The average molecular weight is 484 g/mol. The number of amides is 1. The summed E-state index contributed by atoms with van der Waals surface area (Å²) < 4.78 is 52.1. The summed E-state index contributed by atoms with van der Waals surface area (Å²) in [5, 5.41) is 11.1. The van der Waals surface area contributed by atoms with Crippen LogP contribution in [-0.4, -0.2) is 34.9 Å². The Morgan fingerprint density at radius 1 is 1.06 bits per heavy atom. The lowest BCUT2D eigenvalue weighted by atomic mass is 9.96. The lowest BCUT2D eigenvalue weighted by Crippen LogP contribution is -2.29. The van der Waals surface area contributed by atoms with E-state index in [9.17, 15) is 27.9 Å². The van der Waals surface area contributed by atoms with Crippen molar-refractivity contribution in [2.24, 2.45) is 0 Å². The minimum absolute atomic E-state index is 0.00761. The average Bonchev–Trinajstić information content (AvgIpc) is 3.41. The fourth-order valence-electron chi connectivity index (χ4n) is 3.96. The summed E-state index contributed by atoms with van der Waals surface area (Å²) in [4.78, 5) is 31.3. The van der Waals surface area contributed by atoms with E-state index in [1.165, 1.54) is 36.7 Å². The first-order chi connectivity index (χ1) is 16.7. The van der Waals surface area contributed by atoms with Gasteiger partial charge in [-0.3, -0.25) is 19.5 Å². The van der Waals surface area contributed by atoms with E-state index in [4.69, 9.17) is 9.47 Å². The van der Waals surface area contributed by atoms with Crippen LogP contribution in [0.1, 0.15) is 17.2 Å². The molecule has 5 rings (SSSR count). The van der Waals surface area contributed by atoms with Gasteiger partial charge in [0.1, 0.15) is 11.5 Å². The number of anilines is 1. The number of aromatic nitrogens is 1. The Kier molecular flexibility index (Phi) is 5.31. The van der Waals surface area contributed by atoms with E-state index in [-0.39, 0.29) is 23.6 Å². The maximum atomic E-state index is 13.1. The van der Waals surface area contributed by atoms with Crippen molar-refractivity contribution in [3.05, 3.63) is 83.7 Å². The molecular formula is C24H15F3N2O6. The first-order valence-corrected chi connectivity index (χ1v) is 10.2. The maximum Gasteiger partial charge on any atom is 0.573 e. The quantitative estimate of drug-likeness (QED) is 0.334. The molecule has 0 radical (unpaired) electrons. The Labute approximate surface area is 195 Å². The van der Waals surface area contributed by atoms with Gasteiger partial charge in [0.15, 0.2) is 11.5 Å². The van der Waals surface area contributed by atoms with E-state index in [0.717, 1.165) is 17.0 Å². The van der Waals surface area contributed by atoms with Gasteiger partial charge >= 0.3 is 6.36 Å². The van der Waals surface area contributed by atoms with Gasteiger partial charge in [0.2, 0.25) is 6.79 Å². The number of halogens is 3. The number of carbonyl (C=O) groups excluding carboxylic acids is 2. The number of fused-ring (bicyclic) bond motifs is 1. The third-order valence-corrected chi connectivity index (χ3v) is 5.44. The number of nitrogens with zero attached hydrogens (tertiary/aromatic N) is 2. The molecule has 8 nitrogen and oxygen atoms in total. The van der Waals surface area contributed by atoms with Crippen molar-refractivity contribution in [1.29, 1.82) is 0 Å². The number of pyridine rings is 1. The highest BCUT2D eigenvalue weighted by Crippen LogP contribution is 2.43. The maximum absolute atomic E-state index is 13.1. The van der Waals surface area contributed by atoms with Crippen molar-refractivity contribution < 1.29 is 42.1 Å². The Morgan fingerprint density at radius 2 is 1.80 bits per heavy atom. The van der Waals surface area contributed by atoms with E-state index < -0.39 is 35.6 Å². The van der Waals surface area contributed by atoms with Gasteiger partial charge in [-0.25, -0.2) is 0 Å². The summed E-state index contributed by atoms with van der Waals surface area (Å²) in [6.07, 6.45) is -1.96. The van der Waals surface area contributed by atoms with E-state index in [2.05, 4.69) is 9.72 Å². The van der Waals surface area contributed by atoms with Crippen LogP contribution in [0, 0.1) is 0 Å². The van der Waals surface area contributed by atoms with Crippen molar-refractivity contribution in [3.8, 4) is 17.2 Å². The summed E-state index contributed by atoms with van der Waals surface area (Å²) in [6.45, 7) is 0.00761. The molecule has 1 N–H and O–H groups in total. The van der Waals surface area contributed by atoms with Crippen LogP contribution in [0.3, 0.4) is 0 Å². The minimum atomic E-state index is -4.88. The Hall–Kier alpha value is -4.54. The third-order valence-electron chi connectivity index (χ3n) is 5.44. The van der Waals surface area contributed by atoms with Crippen LogP contribution in [0.25, 0.3) is 5.76 Å². The van der Waals surface area contributed by atoms with Gasteiger partial charge in [0.05, 0.1) is 11.6 Å². The van der Waals surface area contributed by atoms with E-state index in [0.29, 0.717) is 17.1 Å². The molecule has 0 aliphatic carbocycles. The van der Waals surface area contributed by atoms with Gasteiger partial charge < -0.3 is 19.3 Å². The zero-order chi connectivity index (χ0) is 24.7. The van der Waals surface area contributed by atoms with E-state index in [1.54, 1.807) is 18.2 Å². The number of hydrogen-bond acceptors (Lipinski definition) is 7. The van der Waals surface area contributed by atoms with Gasteiger partial charge in [0, 0.05) is 23.6 Å². The fraction of sp³-hybridized carbons (Fsp3) is 0.125. The molecule has 0 bridgehead atoms. The standard InChI is InChI=1S/C24H15F3N2O6/c25-24(26,27)35-16-6-4-15(5-7-16)29-20(14-2-1-9-28-11-14)19(22(31)23(29)32)21(30)13-3-8-17-18(10-13)34-12-33-17/h1-11,20,30H,12H2/b21-19-. The molecule has 35 heavy (non-hydrogen) atoms. The normalized spacial score (nSPS) is 18.7. The monoisotopic (exact) mass is 484 g/mol. The second-order valence-corrected chi connectivity index (χ2v) is 7.57. The lowest BCUT2D eigenvalue weighted by molar-refractivity contribution is -0.274. The lowest BCUT2D eigenvalue weighted by Gasteiger charge is -2.25. The molecular weight excluding hydrogens is 469 g/mol. The number of carbonyl (C=O) groups is 2. The highest BCUT2D eigenvalue weighted by Gasteiger charge is 2.47. The van der Waals surface area contributed by atoms with Gasteiger partial charge in [0.25, 0.3) is 11.7 Å². The molecule has 3 aromatic rings. The Balaban J connectivity index is 1.61. The van der Waals surface area contributed by atoms with Crippen LogP contribution >= 0.6 is 0 Å². The molecule has 0 saturated carbocycles. The van der Waals surface area contributed by atoms with Gasteiger partial charge in [-0.05, 0) is 54.1 Å². The van der Waals surface area contributed by atoms with Crippen LogP contribution < -0.4 is 19.1 Å². The summed E-state index contributed by atoms with van der Waals surface area (Å²) >= 11 is 0. The second-order valence-electron chi connectivity index (χ2n) is 7.57. The zero-order valence-electron chi connectivity index (χ0n) is 17.7. The number of rotatable bonds is 4. The van der Waals surface area contributed by atoms with Gasteiger partial charge in [-0.1, -0.05) is 6.07 Å². The van der Waals surface area contributed by atoms with Gasteiger partial charge in [-0.2, -0.15) is 0 Å². The van der Waals surface area contributed by atoms with Crippen LogP contribution in [0.2, 0.25) is 0 Å². The predicted octanol–water partition coefficient (Wildman–Crippen LogP) is 4.34. The van der Waals surface area contributed by atoms with Crippen molar-refractivity contribution in [3.63, 3.8) is 0 Å². The summed E-state index contributed by atoms with van der Waals surface area (Å²) in [5.41, 5.74) is 0.539. The number of aliphatic hydroxyl groups excluding tert-OH is 1. The number of benzene rings is 2. The van der Waals surface area contributed by atoms with Crippen LogP contribution in [0.5, 0.6) is 17.2 Å². The number of hydrogen-bond donors (Lipinski definition) is 1. The molecule has 1 atom stereocenters. The number of ketones is 1. The number of aliphatic hydroxyl groups is 1. The van der Waals surface area contributed by atoms with Crippen LogP contribution in [-0.2, 0) is 9.59 Å². The fourth-order valence-corrected chi connectivity index (χ4v) is 3.96. The van der Waals surface area contributed by atoms with Crippen molar-refractivity contribution in [1.82, 2.24) is 4.98 Å². The molecule has 1 saturated heterocycles. The molecule has 3 heterocycles. The van der Waals surface area contributed by atoms with Crippen molar-refractivity contribution >= 4 is 23.1 Å². The largest absolute Gasteiger partial charge is 0.573 e. The van der Waals surface area contributed by atoms with Crippen LogP contribution in [0.4, 0.5) is 18.9 Å². The number of Topliss-reactive ketones (excluding diaryl/α,β-unsaturated/α-hetero) is 1. The number of ether oxygens (including phenoxy) is 3. The smallest absolute Gasteiger partial charge is 0.507 e. The molecule has 1 aromatic heterocycles. The minimum Gasteiger partial charge on any atom is -0.507 e. The second kappa shape index (κ2) is 8.35. The Morgan fingerprint density at radius 3 is 2.49 bits per heavy atom. The summed E-state index contributed by atoms with van der Waals surface area (Å²) in [6, 6.07) is 11.2. The zero-order valence-corrected chi connectivity index (χ0v) is 17.7. The highest BCUT2D eigenvalue weighted by molar-refractivity contribution is 6.51. The first-order valence-electron chi connectivity index (χ1n) is 10.2. The molecule has 1 fully saturated rings. The van der Waals surface area contributed by atoms with E-state index >= 15 is 0 Å². The van der Waals surface area contributed by atoms with Crippen LogP contribution in [0.15, 0.2) is 72.6 Å². The predicted molar refractivity (Wildman–Crippen MR) is 115 cm³/mol. The highest BCUT2D eigenvalue weighted by atomic mass is 19.4. The topological polar surface area (TPSA) is 98.2 Å². The van der Waals surface area contributed by atoms with Gasteiger partial charge in [-0.15, -0.1) is 13.2 Å². The molecule has 178 valence electrons. The summed E-state index contributed by atoms with van der Waals surface area (Å²) in [5.74, 6) is -2.05. The summed E-state index contributed by atoms with van der Waals surface area (Å²) in [7, 11) is 0. The molecule has 2 aromatic carbocycles. The number of alkyl halides is 3. The molecule has 11 heteroatoms. The van der Waals surface area contributed by atoms with Crippen molar-refractivity contribution in [2.45, 2.75) is 12.4 Å². The Bertz CT molecular complexity index is 1340.